The topological polar surface area (TPSA) is 30.9 Å². The van der Waals surface area contributed by atoms with E-state index in [1.165, 1.54) is 0 Å². The number of benzene rings is 3. The Morgan fingerprint density at radius 2 is 1.24 bits per heavy atom. The minimum Gasteiger partial charge on any atom is -0.278 e. The van der Waals surface area contributed by atoms with E-state index < -0.39 is 0 Å². The first-order valence-electron chi connectivity index (χ1n) is 8.42. The van der Waals surface area contributed by atoms with Gasteiger partial charge in [-0.2, -0.15) is 5.10 Å². The molecule has 1 atom stereocenters. The summed E-state index contributed by atoms with van der Waals surface area (Å²) in [5.41, 5.74) is 6.69. The van der Waals surface area contributed by atoms with Gasteiger partial charge in [0.2, 0.25) is 0 Å². The van der Waals surface area contributed by atoms with Crippen LogP contribution in [-0.2, 0) is 0 Å². The lowest BCUT2D eigenvalue weighted by molar-refractivity contribution is 0.552. The van der Waals surface area contributed by atoms with Crippen LogP contribution in [0.3, 0.4) is 0 Å². The van der Waals surface area contributed by atoms with Gasteiger partial charge < -0.3 is 0 Å². The van der Waals surface area contributed by atoms with E-state index in [1.54, 1.807) is 0 Å². The third-order valence-electron chi connectivity index (χ3n) is 4.26. The molecule has 1 unspecified atom stereocenters. The fourth-order valence-electron chi connectivity index (χ4n) is 2.97. The monoisotopic (exact) mass is 328 g/mol. The normalized spacial score (nSPS) is 17.0. The van der Waals surface area contributed by atoms with Crippen LogP contribution in [0.2, 0.25) is 0 Å². The van der Waals surface area contributed by atoms with Crippen LogP contribution in [0.25, 0.3) is 0 Å². The van der Waals surface area contributed by atoms with Crippen LogP contribution >= 0.6 is 0 Å². The first kappa shape index (κ1) is 15.3. The van der Waals surface area contributed by atoms with Gasteiger partial charge in [0.1, 0.15) is 6.17 Å². The zero-order chi connectivity index (χ0) is 17.1. The van der Waals surface area contributed by atoms with Crippen LogP contribution in [0.4, 0.5) is 11.4 Å². The third kappa shape index (κ3) is 3.06. The molecule has 3 aromatic rings. The molecular weight excluding hydrogens is 308 g/mol. The van der Waals surface area contributed by atoms with Gasteiger partial charge in [-0.3, -0.25) is 10.4 Å². The number of nitrogens with zero attached hydrogens (tertiary/aromatic N) is 3. The zero-order valence-corrected chi connectivity index (χ0v) is 14.1. The Hall–Kier alpha value is -3.27. The van der Waals surface area contributed by atoms with Crippen LogP contribution in [0.1, 0.15) is 12.5 Å². The van der Waals surface area contributed by atoms with Crippen molar-refractivity contribution in [1.82, 2.24) is 5.43 Å². The van der Waals surface area contributed by atoms with Gasteiger partial charge in [-0.15, -0.1) is 0 Å². The van der Waals surface area contributed by atoms with Crippen molar-refractivity contribution in [1.29, 1.82) is 0 Å². The highest BCUT2D eigenvalue weighted by molar-refractivity contribution is 6.00. The van der Waals surface area contributed by atoms with Crippen LogP contribution < -0.4 is 15.4 Å². The molecule has 4 nitrogen and oxygen atoms in total. The second-order valence-corrected chi connectivity index (χ2v) is 5.94. The van der Waals surface area contributed by atoms with Gasteiger partial charge >= 0.3 is 0 Å². The van der Waals surface area contributed by atoms with Crippen molar-refractivity contribution in [2.75, 3.05) is 10.0 Å². The molecule has 0 saturated heterocycles. The molecule has 0 fully saturated rings. The predicted octanol–water partition coefficient (Wildman–Crippen LogP) is 4.23. The number of hydrazone groups is 1. The van der Waals surface area contributed by atoms with E-state index in [1.807, 2.05) is 59.6 Å². The van der Waals surface area contributed by atoms with Gasteiger partial charge in [-0.25, -0.2) is 5.01 Å². The summed E-state index contributed by atoms with van der Waals surface area (Å²) in [5, 5.41) is 9.06. The Balaban J connectivity index is 1.79. The summed E-state index contributed by atoms with van der Waals surface area (Å²) in [6, 6.07) is 30.8. The molecule has 25 heavy (non-hydrogen) atoms. The number of nitrogens with one attached hydrogen (secondary N) is 1. The van der Waals surface area contributed by atoms with Gasteiger partial charge in [0.25, 0.3) is 0 Å². The summed E-state index contributed by atoms with van der Waals surface area (Å²) < 4.78 is 0. The first-order valence-corrected chi connectivity index (χ1v) is 8.42. The molecule has 3 aromatic carbocycles. The number of hydrazine groups is 1. The molecule has 1 heterocycles. The fraction of sp³-hybridized carbons (Fsp3) is 0.0952. The number of hydrogen-bond acceptors (Lipinski definition) is 4. The molecule has 0 spiro atoms. The van der Waals surface area contributed by atoms with Crippen molar-refractivity contribution in [2.45, 2.75) is 13.1 Å². The number of rotatable bonds is 3. The SMILES string of the molecule is CC1N(c2ccccc2)N=C(c2ccccc2)NN1c1ccccc1. The molecule has 1 N–H and O–H groups in total. The van der Waals surface area contributed by atoms with Crippen LogP contribution in [0.15, 0.2) is 96.1 Å². The minimum absolute atomic E-state index is 0.0252. The lowest BCUT2D eigenvalue weighted by atomic mass is 10.2. The maximum atomic E-state index is 4.88. The predicted molar refractivity (Wildman–Crippen MR) is 103 cm³/mol. The lowest BCUT2D eigenvalue weighted by Crippen LogP contribution is -2.58. The Kier molecular flexibility index (Phi) is 4.09. The van der Waals surface area contributed by atoms with Gasteiger partial charge in [0.05, 0.1) is 11.4 Å². The molecule has 4 heteroatoms. The summed E-state index contributed by atoms with van der Waals surface area (Å²) in [5.74, 6) is 0.825. The maximum absolute atomic E-state index is 4.88. The minimum atomic E-state index is 0.0252. The van der Waals surface area contributed by atoms with E-state index in [4.69, 9.17) is 5.10 Å². The van der Waals surface area contributed by atoms with Crippen molar-refractivity contribution < 1.29 is 0 Å². The average molecular weight is 328 g/mol. The highest BCUT2D eigenvalue weighted by atomic mass is 15.7. The molecule has 0 aliphatic carbocycles. The van der Waals surface area contributed by atoms with Gasteiger partial charge in [0, 0.05) is 5.56 Å². The zero-order valence-electron chi connectivity index (χ0n) is 14.1. The maximum Gasteiger partial charge on any atom is 0.172 e. The summed E-state index contributed by atoms with van der Waals surface area (Å²) in [7, 11) is 0. The van der Waals surface area contributed by atoms with Crippen molar-refractivity contribution in [3.63, 3.8) is 0 Å². The van der Waals surface area contributed by atoms with Crippen LogP contribution in [-0.4, -0.2) is 12.0 Å². The summed E-state index contributed by atoms with van der Waals surface area (Å²) in [4.78, 5) is 0. The third-order valence-corrected chi connectivity index (χ3v) is 4.26. The molecule has 0 amide bonds. The van der Waals surface area contributed by atoms with Crippen LogP contribution in [0, 0.1) is 0 Å². The van der Waals surface area contributed by atoms with E-state index in [0.717, 1.165) is 22.8 Å². The smallest absolute Gasteiger partial charge is 0.172 e. The van der Waals surface area contributed by atoms with Gasteiger partial charge in [0.15, 0.2) is 5.84 Å². The number of amidine groups is 1. The number of hydrogen-bond donors (Lipinski definition) is 1. The Morgan fingerprint density at radius 1 is 0.720 bits per heavy atom. The Morgan fingerprint density at radius 3 is 1.84 bits per heavy atom. The van der Waals surface area contributed by atoms with Gasteiger partial charge in [-0.1, -0.05) is 66.7 Å². The molecule has 1 aliphatic rings. The van der Waals surface area contributed by atoms with E-state index in [0.29, 0.717) is 0 Å². The first-order chi connectivity index (χ1) is 12.3. The second kappa shape index (κ2) is 6.69. The number of para-hydroxylation sites is 2. The fourth-order valence-corrected chi connectivity index (χ4v) is 2.97. The summed E-state index contributed by atoms with van der Waals surface area (Å²) >= 11 is 0. The van der Waals surface area contributed by atoms with Crippen LogP contribution in [0.5, 0.6) is 0 Å². The van der Waals surface area contributed by atoms with Crippen molar-refractivity contribution in [3.05, 3.63) is 96.6 Å². The molecule has 0 radical (unpaired) electrons. The van der Waals surface area contributed by atoms with Crippen molar-refractivity contribution in [2.24, 2.45) is 5.10 Å². The average Bonchev–Trinajstić information content (AvgIpc) is 2.70. The highest BCUT2D eigenvalue weighted by Gasteiger charge is 2.28. The Labute approximate surface area is 148 Å². The standard InChI is InChI=1S/C21H20N4/c1-17-24(19-13-7-3-8-14-19)22-21(18-11-5-2-6-12-18)23-25(17)20-15-9-4-10-16-20/h2-17H,1H3,(H,22,23). The molecule has 0 saturated carbocycles. The molecule has 4 rings (SSSR count). The summed E-state index contributed by atoms with van der Waals surface area (Å²) in [6.07, 6.45) is 0.0252. The van der Waals surface area contributed by atoms with E-state index in [2.05, 4.69) is 53.8 Å². The Bertz CT molecular complexity index is 847. The lowest BCUT2D eigenvalue weighted by Gasteiger charge is -2.42. The van der Waals surface area contributed by atoms with E-state index in [9.17, 15) is 0 Å². The summed E-state index contributed by atoms with van der Waals surface area (Å²) in [6.45, 7) is 2.14. The number of anilines is 2. The molecule has 0 aromatic heterocycles. The quantitative estimate of drug-likeness (QED) is 0.781. The van der Waals surface area contributed by atoms with Crippen molar-refractivity contribution >= 4 is 17.2 Å². The molecular formula is C21H20N4. The van der Waals surface area contributed by atoms with E-state index in [-0.39, 0.29) is 6.17 Å². The largest absolute Gasteiger partial charge is 0.278 e. The molecule has 124 valence electrons. The second-order valence-electron chi connectivity index (χ2n) is 5.94. The molecule has 0 bridgehead atoms. The van der Waals surface area contributed by atoms with E-state index >= 15 is 0 Å². The van der Waals surface area contributed by atoms with Crippen molar-refractivity contribution in [3.8, 4) is 0 Å². The molecule has 1 aliphatic heterocycles. The highest BCUT2D eigenvalue weighted by Crippen LogP contribution is 2.25. The van der Waals surface area contributed by atoms with Gasteiger partial charge in [-0.05, 0) is 31.2 Å².